The zero-order chi connectivity index (χ0) is 24.0. The molecular formula is C22H19ClFN3O5S. The molecule has 8 nitrogen and oxygen atoms in total. The van der Waals surface area contributed by atoms with Crippen LogP contribution in [0.25, 0.3) is 0 Å². The molecule has 0 heterocycles. The van der Waals surface area contributed by atoms with Gasteiger partial charge in [0.25, 0.3) is 21.8 Å². The first kappa shape index (κ1) is 24.0. The highest BCUT2D eigenvalue weighted by molar-refractivity contribution is 7.92. The molecule has 0 fully saturated rings. The maximum absolute atomic E-state index is 13.0. The van der Waals surface area contributed by atoms with Crippen LogP contribution in [-0.2, 0) is 10.0 Å². The lowest BCUT2D eigenvalue weighted by Crippen LogP contribution is -2.41. The Morgan fingerprint density at radius 1 is 0.939 bits per heavy atom. The van der Waals surface area contributed by atoms with Gasteiger partial charge in [0.15, 0.2) is 0 Å². The molecule has 3 aromatic rings. The molecule has 3 aromatic carbocycles. The summed E-state index contributed by atoms with van der Waals surface area (Å²) < 4.78 is 45.9. The van der Waals surface area contributed by atoms with E-state index in [-0.39, 0.29) is 26.7 Å². The number of hydrogen-bond acceptors (Lipinski definition) is 5. The number of rotatable bonds is 7. The van der Waals surface area contributed by atoms with Gasteiger partial charge in [-0.2, -0.15) is 0 Å². The van der Waals surface area contributed by atoms with Crippen LogP contribution in [-0.4, -0.2) is 26.8 Å². The van der Waals surface area contributed by atoms with Gasteiger partial charge in [-0.15, -0.1) is 0 Å². The zero-order valence-electron chi connectivity index (χ0n) is 17.3. The number of halogens is 2. The molecule has 3 rings (SSSR count). The molecule has 2 amide bonds. The molecule has 0 aliphatic carbocycles. The van der Waals surface area contributed by atoms with E-state index >= 15 is 0 Å². The third kappa shape index (κ3) is 6.21. The fraction of sp³-hybridized carbons (Fsp3) is 0.0909. The molecule has 33 heavy (non-hydrogen) atoms. The first-order valence-electron chi connectivity index (χ1n) is 9.61. The third-order valence-corrected chi connectivity index (χ3v) is 6.01. The summed E-state index contributed by atoms with van der Waals surface area (Å²) in [6, 6.07) is 14.5. The summed E-state index contributed by atoms with van der Waals surface area (Å²) >= 11 is 6.05. The topological polar surface area (TPSA) is 114 Å². The van der Waals surface area contributed by atoms with Crippen LogP contribution in [0.4, 0.5) is 10.1 Å². The maximum atomic E-state index is 13.0. The zero-order valence-corrected chi connectivity index (χ0v) is 18.8. The second-order valence-electron chi connectivity index (χ2n) is 6.62. The number of carbonyl (C=O) groups excluding carboxylic acids is 2. The van der Waals surface area contributed by atoms with Crippen molar-refractivity contribution in [3.8, 4) is 5.75 Å². The van der Waals surface area contributed by atoms with Crippen molar-refractivity contribution in [1.29, 1.82) is 0 Å². The molecule has 0 spiro atoms. The third-order valence-electron chi connectivity index (χ3n) is 4.31. The Hall–Kier alpha value is -3.63. The smallest absolute Gasteiger partial charge is 0.271 e. The minimum absolute atomic E-state index is 0.0245. The van der Waals surface area contributed by atoms with Gasteiger partial charge in [-0.25, -0.2) is 12.8 Å². The summed E-state index contributed by atoms with van der Waals surface area (Å²) in [6.07, 6.45) is 0. The first-order valence-corrected chi connectivity index (χ1v) is 11.5. The Morgan fingerprint density at radius 2 is 1.58 bits per heavy atom. The molecule has 0 aromatic heterocycles. The molecule has 0 bridgehead atoms. The monoisotopic (exact) mass is 491 g/mol. The number of anilines is 1. The van der Waals surface area contributed by atoms with Gasteiger partial charge in [-0.3, -0.25) is 25.2 Å². The van der Waals surface area contributed by atoms with Crippen LogP contribution < -0.4 is 20.3 Å². The highest BCUT2D eigenvalue weighted by Crippen LogP contribution is 2.23. The Kier molecular flexibility index (Phi) is 7.52. The lowest BCUT2D eigenvalue weighted by molar-refractivity contribution is 0.0846. The summed E-state index contributed by atoms with van der Waals surface area (Å²) in [5.74, 6) is -1.34. The number of sulfonamides is 1. The quantitative estimate of drug-likeness (QED) is 0.435. The minimum Gasteiger partial charge on any atom is -0.494 e. The normalized spacial score (nSPS) is 10.9. The second-order valence-corrected chi connectivity index (χ2v) is 8.71. The number of carbonyl (C=O) groups is 2. The average Bonchev–Trinajstić information content (AvgIpc) is 2.79. The number of ether oxygens (including phenoxy) is 1. The average molecular weight is 492 g/mol. The molecule has 11 heteroatoms. The predicted molar refractivity (Wildman–Crippen MR) is 121 cm³/mol. The lowest BCUT2D eigenvalue weighted by Gasteiger charge is -2.12. The van der Waals surface area contributed by atoms with Crippen LogP contribution in [0.15, 0.2) is 71.6 Å². The van der Waals surface area contributed by atoms with Gasteiger partial charge >= 0.3 is 0 Å². The van der Waals surface area contributed by atoms with E-state index in [9.17, 15) is 22.4 Å². The molecule has 0 unspecified atom stereocenters. The van der Waals surface area contributed by atoms with Gasteiger partial charge in [0.05, 0.1) is 22.1 Å². The summed E-state index contributed by atoms with van der Waals surface area (Å²) in [4.78, 5) is 24.5. The highest BCUT2D eigenvalue weighted by atomic mass is 35.5. The summed E-state index contributed by atoms with van der Waals surface area (Å²) in [5.41, 5.74) is 4.67. The number of hydrogen-bond donors (Lipinski definition) is 3. The van der Waals surface area contributed by atoms with Crippen LogP contribution in [0, 0.1) is 5.82 Å². The SMILES string of the molecule is CCOc1ccc(C(=O)NNC(=O)c2cc(S(=O)(=O)Nc3ccc(F)cc3)ccc2Cl)cc1. The van der Waals surface area contributed by atoms with Crippen LogP contribution in [0.3, 0.4) is 0 Å². The fourth-order valence-electron chi connectivity index (χ4n) is 2.70. The van der Waals surface area contributed by atoms with E-state index in [0.29, 0.717) is 12.4 Å². The van der Waals surface area contributed by atoms with E-state index < -0.39 is 27.7 Å². The Labute approximate surface area is 194 Å². The molecular weight excluding hydrogens is 473 g/mol. The number of hydrazine groups is 1. The molecule has 3 N–H and O–H groups in total. The standard InChI is InChI=1S/C22H19ClFN3O5S/c1-2-32-17-9-3-14(4-10-17)21(28)25-26-22(29)19-13-18(11-12-20(19)23)33(30,31)27-16-7-5-15(24)6-8-16/h3-13,27H,2H2,1H3,(H,25,28)(H,26,29). The molecule has 0 radical (unpaired) electrons. The second kappa shape index (κ2) is 10.3. The van der Waals surface area contributed by atoms with E-state index in [1.165, 1.54) is 36.4 Å². The van der Waals surface area contributed by atoms with Crippen molar-refractivity contribution in [2.75, 3.05) is 11.3 Å². The van der Waals surface area contributed by atoms with E-state index in [0.717, 1.165) is 18.2 Å². The Balaban J connectivity index is 1.71. The van der Waals surface area contributed by atoms with E-state index in [1.807, 2.05) is 6.92 Å². The first-order chi connectivity index (χ1) is 15.7. The fourth-order valence-corrected chi connectivity index (χ4v) is 3.99. The predicted octanol–water partition coefficient (Wildman–Crippen LogP) is 3.75. The summed E-state index contributed by atoms with van der Waals surface area (Å²) in [6.45, 7) is 2.32. The van der Waals surface area contributed by atoms with Crippen LogP contribution >= 0.6 is 11.6 Å². The maximum Gasteiger partial charge on any atom is 0.271 e. The molecule has 0 aliphatic rings. The van der Waals surface area contributed by atoms with Gasteiger partial charge in [0.1, 0.15) is 11.6 Å². The van der Waals surface area contributed by atoms with E-state index in [2.05, 4.69) is 15.6 Å². The van der Waals surface area contributed by atoms with E-state index in [4.69, 9.17) is 16.3 Å². The summed E-state index contributed by atoms with van der Waals surface area (Å²) in [5, 5.41) is -0.0245. The number of nitrogens with one attached hydrogen (secondary N) is 3. The molecule has 172 valence electrons. The van der Waals surface area contributed by atoms with Crippen molar-refractivity contribution in [3.05, 3.63) is 88.7 Å². The van der Waals surface area contributed by atoms with Crippen LogP contribution in [0.5, 0.6) is 5.75 Å². The van der Waals surface area contributed by atoms with Gasteiger partial charge in [0.2, 0.25) is 0 Å². The van der Waals surface area contributed by atoms with Gasteiger partial charge in [-0.1, -0.05) is 11.6 Å². The molecule has 0 aliphatic heterocycles. The molecule has 0 saturated heterocycles. The molecule has 0 atom stereocenters. The lowest BCUT2D eigenvalue weighted by atomic mass is 10.2. The van der Waals surface area contributed by atoms with Crippen molar-refractivity contribution in [3.63, 3.8) is 0 Å². The van der Waals surface area contributed by atoms with Crippen molar-refractivity contribution in [2.24, 2.45) is 0 Å². The van der Waals surface area contributed by atoms with Crippen molar-refractivity contribution < 1.29 is 27.1 Å². The number of benzene rings is 3. The molecule has 0 saturated carbocycles. The van der Waals surface area contributed by atoms with Crippen LogP contribution in [0.2, 0.25) is 5.02 Å². The van der Waals surface area contributed by atoms with Crippen molar-refractivity contribution in [2.45, 2.75) is 11.8 Å². The Bertz CT molecular complexity index is 1270. The summed E-state index contributed by atoms with van der Waals surface area (Å²) in [7, 11) is -4.09. The van der Waals surface area contributed by atoms with Crippen molar-refractivity contribution >= 4 is 39.1 Å². The largest absolute Gasteiger partial charge is 0.494 e. The van der Waals surface area contributed by atoms with E-state index in [1.54, 1.807) is 12.1 Å². The van der Waals surface area contributed by atoms with Crippen molar-refractivity contribution in [1.82, 2.24) is 10.9 Å². The highest BCUT2D eigenvalue weighted by Gasteiger charge is 2.19. The Morgan fingerprint density at radius 3 is 2.21 bits per heavy atom. The minimum atomic E-state index is -4.09. The number of amides is 2. The van der Waals surface area contributed by atoms with Gasteiger partial charge in [-0.05, 0) is 73.7 Å². The van der Waals surface area contributed by atoms with Gasteiger partial charge < -0.3 is 4.74 Å². The van der Waals surface area contributed by atoms with Crippen LogP contribution in [0.1, 0.15) is 27.6 Å². The van der Waals surface area contributed by atoms with Gasteiger partial charge in [0, 0.05) is 11.3 Å².